The van der Waals surface area contributed by atoms with E-state index in [1.165, 1.54) is 36.4 Å². The summed E-state index contributed by atoms with van der Waals surface area (Å²) in [5, 5.41) is 17.4. The number of nitrogens with zero attached hydrogens (tertiary/aromatic N) is 3. The molecule has 0 saturated heterocycles. The molecule has 2 aromatic carbocycles. The third-order valence-corrected chi connectivity index (χ3v) is 4.19. The van der Waals surface area contributed by atoms with Gasteiger partial charge in [0.2, 0.25) is 0 Å². The van der Waals surface area contributed by atoms with Gasteiger partial charge in [-0.3, -0.25) is 4.40 Å². The number of carboxylic acid groups (broad SMARTS) is 1. The van der Waals surface area contributed by atoms with Crippen molar-refractivity contribution in [2.24, 2.45) is 0 Å². The Kier molecular flexibility index (Phi) is 4.42. The average Bonchev–Trinajstić information content (AvgIpc) is 3.10. The summed E-state index contributed by atoms with van der Waals surface area (Å²) in [7, 11) is 0. The first-order valence-corrected chi connectivity index (χ1v) is 8.35. The van der Waals surface area contributed by atoms with Crippen LogP contribution >= 0.6 is 0 Å². The Bertz CT molecular complexity index is 1200. The normalized spacial score (nSPS) is 11.6. The number of aromatic nitrogens is 3. The molecule has 0 aliphatic heterocycles. The fraction of sp³-hybridized carbons (Fsp3) is 0.0500. The van der Waals surface area contributed by atoms with Crippen LogP contribution in [0.5, 0.6) is 5.75 Å². The van der Waals surface area contributed by atoms with Gasteiger partial charge in [0.05, 0.1) is 5.56 Å². The summed E-state index contributed by atoms with van der Waals surface area (Å²) in [5.74, 6) is -0.915. The first kappa shape index (κ1) is 18.5. The second kappa shape index (κ2) is 6.93. The molecule has 0 atom stereocenters. The lowest BCUT2D eigenvalue weighted by Gasteiger charge is -2.09. The van der Waals surface area contributed by atoms with Gasteiger partial charge in [0.1, 0.15) is 5.75 Å². The Labute approximate surface area is 161 Å². The van der Waals surface area contributed by atoms with E-state index < -0.39 is 12.3 Å². The first-order valence-electron chi connectivity index (χ1n) is 8.35. The molecule has 0 radical (unpaired) electrons. The molecule has 0 aliphatic carbocycles. The van der Waals surface area contributed by atoms with E-state index in [1.807, 2.05) is 0 Å². The van der Waals surface area contributed by atoms with Gasteiger partial charge in [0.25, 0.3) is 0 Å². The van der Waals surface area contributed by atoms with E-state index in [2.05, 4.69) is 14.9 Å². The zero-order valence-electron chi connectivity index (χ0n) is 14.6. The van der Waals surface area contributed by atoms with Crippen molar-refractivity contribution in [1.82, 2.24) is 14.6 Å². The maximum absolute atomic E-state index is 12.3. The van der Waals surface area contributed by atoms with Crippen molar-refractivity contribution in [2.45, 2.75) is 6.36 Å². The molecule has 0 fully saturated rings. The van der Waals surface area contributed by atoms with Crippen molar-refractivity contribution >= 4 is 11.6 Å². The number of pyridine rings is 1. The number of alkyl halides is 3. The first-order chi connectivity index (χ1) is 13.8. The molecule has 2 heterocycles. The summed E-state index contributed by atoms with van der Waals surface area (Å²) in [4.78, 5) is 11.2. The van der Waals surface area contributed by atoms with Gasteiger partial charge in [0, 0.05) is 11.8 Å². The molecule has 0 spiro atoms. The Balaban J connectivity index is 1.72. The van der Waals surface area contributed by atoms with Crippen LogP contribution in [0.1, 0.15) is 10.4 Å². The van der Waals surface area contributed by atoms with Crippen molar-refractivity contribution < 1.29 is 27.8 Å². The van der Waals surface area contributed by atoms with Crippen LogP contribution in [-0.4, -0.2) is 32.0 Å². The van der Waals surface area contributed by atoms with Crippen LogP contribution in [0.25, 0.3) is 28.2 Å². The van der Waals surface area contributed by atoms with Gasteiger partial charge < -0.3 is 9.84 Å². The predicted molar refractivity (Wildman–Crippen MR) is 97.5 cm³/mol. The highest BCUT2D eigenvalue weighted by atomic mass is 19.4. The van der Waals surface area contributed by atoms with Gasteiger partial charge in [-0.25, -0.2) is 4.79 Å². The fourth-order valence-electron chi connectivity index (χ4n) is 2.90. The third kappa shape index (κ3) is 3.88. The van der Waals surface area contributed by atoms with Crippen LogP contribution in [0.3, 0.4) is 0 Å². The van der Waals surface area contributed by atoms with Crippen LogP contribution in [0.4, 0.5) is 13.2 Å². The maximum Gasteiger partial charge on any atom is 0.573 e. The summed E-state index contributed by atoms with van der Waals surface area (Å²) in [5.41, 5.74) is 2.62. The fourth-order valence-corrected chi connectivity index (χ4v) is 2.90. The number of fused-ring (bicyclic) bond motifs is 1. The molecular weight excluding hydrogens is 387 g/mol. The lowest BCUT2D eigenvalue weighted by Crippen LogP contribution is -2.16. The lowest BCUT2D eigenvalue weighted by molar-refractivity contribution is -0.274. The topological polar surface area (TPSA) is 76.7 Å². The monoisotopic (exact) mass is 399 g/mol. The Morgan fingerprint density at radius 1 is 0.931 bits per heavy atom. The summed E-state index contributed by atoms with van der Waals surface area (Å²) in [6.07, 6.45) is -3.01. The smallest absolute Gasteiger partial charge is 0.478 e. The van der Waals surface area contributed by atoms with Gasteiger partial charge in [-0.05, 0) is 47.5 Å². The number of ether oxygens (including phenoxy) is 1. The largest absolute Gasteiger partial charge is 0.573 e. The van der Waals surface area contributed by atoms with Gasteiger partial charge in [-0.1, -0.05) is 24.3 Å². The van der Waals surface area contributed by atoms with E-state index in [0.29, 0.717) is 28.2 Å². The average molecular weight is 399 g/mol. The van der Waals surface area contributed by atoms with Crippen molar-refractivity contribution in [1.29, 1.82) is 0 Å². The molecule has 0 saturated carbocycles. The molecule has 0 aliphatic rings. The number of aromatic carboxylic acids is 1. The van der Waals surface area contributed by atoms with E-state index in [1.54, 1.807) is 34.9 Å². The molecular formula is C20H12F3N3O3. The van der Waals surface area contributed by atoms with Crippen LogP contribution in [-0.2, 0) is 0 Å². The molecule has 0 bridgehead atoms. The number of halogens is 3. The maximum atomic E-state index is 12.3. The number of benzene rings is 2. The highest BCUT2D eigenvalue weighted by molar-refractivity contribution is 5.89. The van der Waals surface area contributed by atoms with Gasteiger partial charge in [-0.2, -0.15) is 0 Å². The third-order valence-electron chi connectivity index (χ3n) is 4.19. The number of carbonyl (C=O) groups is 1. The molecule has 2 aromatic heterocycles. The van der Waals surface area contributed by atoms with Crippen molar-refractivity contribution in [2.75, 3.05) is 0 Å². The van der Waals surface area contributed by atoms with Crippen LogP contribution in [0, 0.1) is 0 Å². The molecule has 4 rings (SSSR count). The molecule has 146 valence electrons. The molecule has 4 aromatic rings. The summed E-state index contributed by atoms with van der Waals surface area (Å²) in [6.45, 7) is 0. The van der Waals surface area contributed by atoms with E-state index in [4.69, 9.17) is 0 Å². The van der Waals surface area contributed by atoms with Gasteiger partial charge >= 0.3 is 12.3 Å². The second-order valence-corrected chi connectivity index (χ2v) is 6.13. The summed E-state index contributed by atoms with van der Waals surface area (Å²) >= 11 is 0. The minimum Gasteiger partial charge on any atom is -0.478 e. The second-order valence-electron chi connectivity index (χ2n) is 6.13. The van der Waals surface area contributed by atoms with Crippen LogP contribution < -0.4 is 4.74 Å². The summed E-state index contributed by atoms with van der Waals surface area (Å²) < 4.78 is 42.5. The minimum absolute atomic E-state index is 0.121. The van der Waals surface area contributed by atoms with Gasteiger partial charge in [0.15, 0.2) is 11.5 Å². The SMILES string of the molecule is O=C(O)c1cccc(-c2nnc3ccc(-c4ccc(OC(F)(F)F)cc4)cn23)c1. The number of carboxylic acids is 1. The van der Waals surface area contributed by atoms with Crippen molar-refractivity contribution in [3.05, 3.63) is 72.4 Å². The van der Waals surface area contributed by atoms with E-state index >= 15 is 0 Å². The molecule has 6 nitrogen and oxygen atoms in total. The standard InChI is InChI=1S/C20H12F3N3O3/c21-20(22,23)29-16-7-4-12(5-8-16)15-6-9-17-24-25-18(26(17)11-15)13-2-1-3-14(10-13)19(27)28/h1-11H,(H,27,28). The van der Waals surface area contributed by atoms with Crippen LogP contribution in [0.15, 0.2) is 66.9 Å². The Morgan fingerprint density at radius 2 is 1.66 bits per heavy atom. The molecule has 29 heavy (non-hydrogen) atoms. The van der Waals surface area contributed by atoms with E-state index in [9.17, 15) is 23.1 Å². The molecule has 0 unspecified atom stereocenters. The Hall–Kier alpha value is -3.88. The Morgan fingerprint density at radius 3 is 2.34 bits per heavy atom. The lowest BCUT2D eigenvalue weighted by atomic mass is 10.1. The zero-order chi connectivity index (χ0) is 20.6. The molecule has 0 amide bonds. The zero-order valence-corrected chi connectivity index (χ0v) is 14.6. The van der Waals surface area contributed by atoms with Crippen molar-refractivity contribution in [3.63, 3.8) is 0 Å². The van der Waals surface area contributed by atoms with Crippen LogP contribution in [0.2, 0.25) is 0 Å². The number of hydrogen-bond donors (Lipinski definition) is 1. The minimum atomic E-state index is -4.75. The quantitative estimate of drug-likeness (QED) is 0.540. The highest BCUT2D eigenvalue weighted by Crippen LogP contribution is 2.28. The highest BCUT2D eigenvalue weighted by Gasteiger charge is 2.30. The van der Waals surface area contributed by atoms with Gasteiger partial charge in [-0.15, -0.1) is 23.4 Å². The van der Waals surface area contributed by atoms with E-state index in [-0.39, 0.29) is 11.3 Å². The van der Waals surface area contributed by atoms with Crippen molar-refractivity contribution in [3.8, 4) is 28.3 Å². The predicted octanol–water partition coefficient (Wildman–Crippen LogP) is 4.66. The van der Waals surface area contributed by atoms with E-state index in [0.717, 1.165) is 0 Å². The summed E-state index contributed by atoms with van der Waals surface area (Å²) in [6, 6.07) is 15.3. The molecule has 1 N–H and O–H groups in total. The molecule has 9 heteroatoms. The number of rotatable bonds is 4. The number of hydrogen-bond acceptors (Lipinski definition) is 4.